The van der Waals surface area contributed by atoms with E-state index in [1.54, 1.807) is 6.20 Å². The van der Waals surface area contributed by atoms with Crippen LogP contribution in [0, 0.1) is 6.92 Å². The molecule has 0 aliphatic heterocycles. The van der Waals surface area contributed by atoms with E-state index in [1.807, 2.05) is 31.2 Å². The summed E-state index contributed by atoms with van der Waals surface area (Å²) in [6.07, 6.45) is 1.72. The second-order valence-corrected chi connectivity index (χ2v) is 3.85. The van der Waals surface area contributed by atoms with Gasteiger partial charge in [0.05, 0.1) is 12.8 Å². The van der Waals surface area contributed by atoms with Crippen LogP contribution in [0.4, 0.5) is 5.69 Å². The van der Waals surface area contributed by atoms with Crippen molar-refractivity contribution in [2.45, 2.75) is 6.92 Å². The van der Waals surface area contributed by atoms with Crippen molar-refractivity contribution in [1.82, 2.24) is 4.98 Å². The molecule has 1 aromatic heterocycles. The molecule has 0 bridgehead atoms. The lowest BCUT2D eigenvalue weighted by atomic mass is 10.0. The fourth-order valence-corrected chi connectivity index (χ4v) is 1.76. The molecule has 0 atom stereocenters. The number of aromatic amines is 1. The second-order valence-electron chi connectivity index (χ2n) is 3.85. The molecule has 2 aromatic rings. The van der Waals surface area contributed by atoms with Crippen LogP contribution in [0.1, 0.15) is 16.1 Å². The Morgan fingerprint density at radius 3 is 2.82 bits per heavy atom. The van der Waals surface area contributed by atoms with Gasteiger partial charge in [0.1, 0.15) is 5.69 Å². The number of hydrogen-bond acceptors (Lipinski definition) is 3. The molecule has 3 N–H and O–H groups in total. The topological polar surface area (TPSA) is 68.1 Å². The Balaban J connectivity index is 2.48. The molecule has 0 spiro atoms. The van der Waals surface area contributed by atoms with Crippen molar-refractivity contribution in [3.63, 3.8) is 0 Å². The number of carbonyl (C=O) groups excluding carboxylic acids is 1. The lowest BCUT2D eigenvalue weighted by Crippen LogP contribution is -2.04. The van der Waals surface area contributed by atoms with Crippen LogP contribution in [0.3, 0.4) is 0 Å². The molecule has 2 rings (SSSR count). The van der Waals surface area contributed by atoms with E-state index < -0.39 is 5.97 Å². The number of H-pyrrole nitrogens is 1. The fourth-order valence-electron chi connectivity index (χ4n) is 1.76. The first-order valence-corrected chi connectivity index (χ1v) is 5.25. The normalized spacial score (nSPS) is 10.2. The van der Waals surface area contributed by atoms with Crippen LogP contribution in [0.25, 0.3) is 11.1 Å². The van der Waals surface area contributed by atoms with Crippen molar-refractivity contribution < 1.29 is 9.53 Å². The first-order chi connectivity index (χ1) is 8.13. The quantitative estimate of drug-likeness (QED) is 0.778. The minimum Gasteiger partial charge on any atom is -0.464 e. The number of hydrogen-bond donors (Lipinski definition) is 2. The van der Waals surface area contributed by atoms with Gasteiger partial charge in [0.15, 0.2) is 0 Å². The minimum absolute atomic E-state index is 0.295. The number of anilines is 1. The summed E-state index contributed by atoms with van der Waals surface area (Å²) < 4.78 is 4.64. The van der Waals surface area contributed by atoms with E-state index in [0.29, 0.717) is 11.4 Å². The van der Waals surface area contributed by atoms with Gasteiger partial charge in [0, 0.05) is 11.8 Å². The third-order valence-electron chi connectivity index (χ3n) is 2.64. The largest absolute Gasteiger partial charge is 0.464 e. The first kappa shape index (κ1) is 11.3. The van der Waals surface area contributed by atoms with Crippen molar-refractivity contribution >= 4 is 11.7 Å². The number of aryl methyl sites for hydroxylation is 1. The van der Waals surface area contributed by atoms with Gasteiger partial charge in [-0.25, -0.2) is 4.79 Å². The van der Waals surface area contributed by atoms with Gasteiger partial charge in [0.2, 0.25) is 0 Å². The van der Waals surface area contributed by atoms with E-state index in [-0.39, 0.29) is 0 Å². The number of nitrogen functional groups attached to an aromatic ring is 1. The molecule has 17 heavy (non-hydrogen) atoms. The Labute approximate surface area is 99.4 Å². The van der Waals surface area contributed by atoms with E-state index >= 15 is 0 Å². The highest BCUT2D eigenvalue weighted by Gasteiger charge is 2.16. The van der Waals surface area contributed by atoms with Crippen LogP contribution >= 0.6 is 0 Å². The predicted molar refractivity (Wildman–Crippen MR) is 66.7 cm³/mol. The van der Waals surface area contributed by atoms with Crippen molar-refractivity contribution in [1.29, 1.82) is 0 Å². The molecule has 0 saturated heterocycles. The minimum atomic E-state index is -0.457. The lowest BCUT2D eigenvalue weighted by Gasteiger charge is -2.02. The Morgan fingerprint density at radius 1 is 1.41 bits per heavy atom. The van der Waals surface area contributed by atoms with Crippen LogP contribution in [-0.4, -0.2) is 18.1 Å². The summed E-state index contributed by atoms with van der Waals surface area (Å²) in [5, 5.41) is 0. The number of aromatic nitrogens is 1. The van der Waals surface area contributed by atoms with Gasteiger partial charge in [0.25, 0.3) is 0 Å². The summed E-state index contributed by atoms with van der Waals surface area (Å²) in [6, 6.07) is 7.93. The Morgan fingerprint density at radius 2 is 2.18 bits per heavy atom. The summed E-state index contributed by atoms with van der Waals surface area (Å²) in [5.74, 6) is -0.457. The highest BCUT2D eigenvalue weighted by molar-refractivity contribution is 5.98. The van der Waals surface area contributed by atoms with Crippen molar-refractivity contribution in [2.75, 3.05) is 12.8 Å². The number of carbonyl (C=O) groups is 1. The first-order valence-electron chi connectivity index (χ1n) is 5.25. The molecular weight excluding hydrogens is 216 g/mol. The summed E-state index contributed by atoms with van der Waals surface area (Å²) in [4.78, 5) is 14.3. The molecule has 1 aromatic carbocycles. The van der Waals surface area contributed by atoms with Gasteiger partial charge >= 0.3 is 5.97 Å². The zero-order valence-corrected chi connectivity index (χ0v) is 9.78. The maximum absolute atomic E-state index is 11.4. The number of benzene rings is 1. The van der Waals surface area contributed by atoms with Gasteiger partial charge in [-0.2, -0.15) is 0 Å². The van der Waals surface area contributed by atoms with Crippen molar-refractivity contribution in [3.05, 3.63) is 41.7 Å². The molecule has 0 amide bonds. The molecule has 0 unspecified atom stereocenters. The summed E-state index contributed by atoms with van der Waals surface area (Å²) in [7, 11) is 1.33. The van der Waals surface area contributed by atoms with E-state index in [9.17, 15) is 4.79 Å². The van der Waals surface area contributed by atoms with Gasteiger partial charge in [-0.3, -0.25) is 0 Å². The average Bonchev–Trinajstić information content (AvgIpc) is 2.70. The predicted octanol–water partition coefficient (Wildman–Crippen LogP) is 2.36. The van der Waals surface area contributed by atoms with Gasteiger partial charge < -0.3 is 15.5 Å². The van der Waals surface area contributed by atoms with E-state index in [1.165, 1.54) is 7.11 Å². The molecule has 0 fully saturated rings. The zero-order valence-electron chi connectivity index (χ0n) is 9.78. The van der Waals surface area contributed by atoms with Crippen LogP contribution in [0.2, 0.25) is 0 Å². The molecule has 0 aliphatic rings. The van der Waals surface area contributed by atoms with Crippen molar-refractivity contribution in [2.24, 2.45) is 0 Å². The standard InChI is InChI=1S/C13H14N2O2/c1-8-4-3-5-9(6-8)10-7-15-12(11(10)14)13(16)17-2/h3-7,15H,14H2,1-2H3. The summed E-state index contributed by atoms with van der Waals surface area (Å²) in [5.41, 5.74) is 9.58. The summed E-state index contributed by atoms with van der Waals surface area (Å²) in [6.45, 7) is 2.01. The van der Waals surface area contributed by atoms with E-state index in [4.69, 9.17) is 5.73 Å². The number of nitrogens with two attached hydrogens (primary N) is 1. The SMILES string of the molecule is COC(=O)c1[nH]cc(-c2cccc(C)c2)c1N. The lowest BCUT2D eigenvalue weighted by molar-refractivity contribution is 0.0596. The Bertz CT molecular complexity index is 558. The molecule has 1 heterocycles. The maximum atomic E-state index is 11.4. The second kappa shape index (κ2) is 4.33. The van der Waals surface area contributed by atoms with Gasteiger partial charge in [-0.1, -0.05) is 29.8 Å². The van der Waals surface area contributed by atoms with E-state index in [0.717, 1.165) is 16.7 Å². The van der Waals surface area contributed by atoms with Crippen LogP contribution in [0.5, 0.6) is 0 Å². The fraction of sp³-hybridized carbons (Fsp3) is 0.154. The Kier molecular flexibility index (Phi) is 2.87. The number of ether oxygens (including phenoxy) is 1. The number of methoxy groups -OCH3 is 1. The third kappa shape index (κ3) is 2.01. The maximum Gasteiger partial charge on any atom is 0.356 e. The van der Waals surface area contributed by atoms with Gasteiger partial charge in [-0.05, 0) is 12.5 Å². The number of rotatable bonds is 2. The Hall–Kier alpha value is -2.23. The summed E-state index contributed by atoms with van der Waals surface area (Å²) >= 11 is 0. The van der Waals surface area contributed by atoms with Gasteiger partial charge in [-0.15, -0.1) is 0 Å². The number of nitrogens with one attached hydrogen (secondary N) is 1. The van der Waals surface area contributed by atoms with Crippen LogP contribution in [0.15, 0.2) is 30.5 Å². The molecule has 0 radical (unpaired) electrons. The van der Waals surface area contributed by atoms with E-state index in [2.05, 4.69) is 9.72 Å². The van der Waals surface area contributed by atoms with Crippen LogP contribution < -0.4 is 5.73 Å². The van der Waals surface area contributed by atoms with Crippen LogP contribution in [-0.2, 0) is 4.74 Å². The van der Waals surface area contributed by atoms with Crippen molar-refractivity contribution in [3.8, 4) is 11.1 Å². The average molecular weight is 230 g/mol. The molecule has 4 nitrogen and oxygen atoms in total. The third-order valence-corrected chi connectivity index (χ3v) is 2.64. The molecular formula is C13H14N2O2. The monoisotopic (exact) mass is 230 g/mol. The molecule has 0 saturated carbocycles. The molecule has 4 heteroatoms. The zero-order chi connectivity index (χ0) is 12.4. The molecule has 0 aliphatic carbocycles. The smallest absolute Gasteiger partial charge is 0.356 e. The highest BCUT2D eigenvalue weighted by Crippen LogP contribution is 2.29. The number of esters is 1. The highest BCUT2D eigenvalue weighted by atomic mass is 16.5. The molecule has 88 valence electrons.